The molecule has 21 heavy (non-hydrogen) atoms. The summed E-state index contributed by atoms with van der Waals surface area (Å²) in [4.78, 5) is 26.2. The van der Waals surface area contributed by atoms with Crippen LogP contribution in [0.25, 0.3) is 10.9 Å². The molecular formula is C16H14N4O. The van der Waals surface area contributed by atoms with Crippen LogP contribution in [0.5, 0.6) is 0 Å². The van der Waals surface area contributed by atoms with E-state index in [1.54, 1.807) is 24.3 Å². The molecule has 2 aromatic heterocycles. The molecule has 0 N–H and O–H groups in total. The highest BCUT2D eigenvalue weighted by Crippen LogP contribution is 2.14. The van der Waals surface area contributed by atoms with Gasteiger partial charge in [0.05, 0.1) is 11.7 Å². The molecule has 0 atom stereocenters. The maximum Gasteiger partial charge on any atom is 0.274 e. The summed E-state index contributed by atoms with van der Waals surface area (Å²) in [7, 11) is 1.74. The highest BCUT2D eigenvalue weighted by atomic mass is 16.2. The second-order valence-corrected chi connectivity index (χ2v) is 4.79. The van der Waals surface area contributed by atoms with Gasteiger partial charge in [-0.05, 0) is 17.7 Å². The molecule has 5 heteroatoms. The first-order valence-electron chi connectivity index (χ1n) is 6.59. The normalized spacial score (nSPS) is 10.5. The SMILES string of the molecule is CN(Cc1cnc2ccccc2c1)C(=O)c1cnccn1. The van der Waals surface area contributed by atoms with Gasteiger partial charge in [-0.3, -0.25) is 14.8 Å². The Labute approximate surface area is 122 Å². The number of nitrogens with zero attached hydrogens (tertiary/aromatic N) is 4. The number of amides is 1. The lowest BCUT2D eigenvalue weighted by Gasteiger charge is -2.16. The van der Waals surface area contributed by atoms with Gasteiger partial charge in [-0.25, -0.2) is 4.98 Å². The maximum absolute atomic E-state index is 12.2. The first kappa shape index (κ1) is 13.2. The Bertz CT molecular complexity index is 773. The van der Waals surface area contributed by atoms with Crippen molar-refractivity contribution in [3.8, 4) is 0 Å². The van der Waals surface area contributed by atoms with E-state index in [1.807, 2.05) is 30.3 Å². The van der Waals surface area contributed by atoms with E-state index in [4.69, 9.17) is 0 Å². The van der Waals surface area contributed by atoms with E-state index >= 15 is 0 Å². The first-order chi connectivity index (χ1) is 10.2. The smallest absolute Gasteiger partial charge is 0.274 e. The lowest BCUT2D eigenvalue weighted by molar-refractivity contribution is 0.0778. The zero-order chi connectivity index (χ0) is 14.7. The van der Waals surface area contributed by atoms with Crippen LogP contribution in [0.1, 0.15) is 16.1 Å². The lowest BCUT2D eigenvalue weighted by Crippen LogP contribution is -2.27. The molecule has 5 nitrogen and oxygen atoms in total. The van der Waals surface area contributed by atoms with E-state index < -0.39 is 0 Å². The Morgan fingerprint density at radius 2 is 2.00 bits per heavy atom. The molecule has 3 aromatic rings. The zero-order valence-corrected chi connectivity index (χ0v) is 11.6. The van der Waals surface area contributed by atoms with Crippen molar-refractivity contribution in [1.29, 1.82) is 0 Å². The molecule has 0 fully saturated rings. The van der Waals surface area contributed by atoms with Gasteiger partial charge >= 0.3 is 0 Å². The molecule has 0 saturated carbocycles. The largest absolute Gasteiger partial charge is 0.336 e. The van der Waals surface area contributed by atoms with Gasteiger partial charge in [0.15, 0.2) is 0 Å². The van der Waals surface area contributed by atoms with E-state index in [1.165, 1.54) is 12.4 Å². The second kappa shape index (κ2) is 5.66. The number of fused-ring (bicyclic) bond motifs is 1. The summed E-state index contributed by atoms with van der Waals surface area (Å²) in [6.07, 6.45) is 6.32. The van der Waals surface area contributed by atoms with Crippen molar-refractivity contribution in [2.75, 3.05) is 7.05 Å². The number of aromatic nitrogens is 3. The topological polar surface area (TPSA) is 59.0 Å². The lowest BCUT2D eigenvalue weighted by atomic mass is 10.1. The third-order valence-corrected chi connectivity index (χ3v) is 3.20. The monoisotopic (exact) mass is 278 g/mol. The molecule has 2 heterocycles. The average Bonchev–Trinajstić information content (AvgIpc) is 2.55. The van der Waals surface area contributed by atoms with E-state index in [2.05, 4.69) is 15.0 Å². The second-order valence-electron chi connectivity index (χ2n) is 4.79. The third kappa shape index (κ3) is 2.86. The Hall–Kier alpha value is -2.82. The minimum absolute atomic E-state index is 0.156. The molecule has 1 aromatic carbocycles. The summed E-state index contributed by atoms with van der Waals surface area (Å²) in [6.45, 7) is 0.479. The predicted molar refractivity (Wildman–Crippen MR) is 79.6 cm³/mol. The molecule has 0 aliphatic carbocycles. The zero-order valence-electron chi connectivity index (χ0n) is 11.6. The summed E-state index contributed by atoms with van der Waals surface area (Å²) >= 11 is 0. The van der Waals surface area contributed by atoms with Crippen LogP contribution in [-0.2, 0) is 6.54 Å². The number of rotatable bonds is 3. The van der Waals surface area contributed by atoms with Crippen molar-refractivity contribution < 1.29 is 4.79 Å². The number of hydrogen-bond donors (Lipinski definition) is 0. The average molecular weight is 278 g/mol. The van der Waals surface area contributed by atoms with Crippen LogP contribution in [0, 0.1) is 0 Å². The van der Waals surface area contributed by atoms with Crippen molar-refractivity contribution in [1.82, 2.24) is 19.9 Å². The van der Waals surface area contributed by atoms with Gasteiger partial charge in [0.1, 0.15) is 5.69 Å². The summed E-state index contributed by atoms with van der Waals surface area (Å²) in [5, 5.41) is 1.07. The van der Waals surface area contributed by atoms with Crippen molar-refractivity contribution in [2.45, 2.75) is 6.54 Å². The van der Waals surface area contributed by atoms with Crippen LogP contribution in [0.4, 0.5) is 0 Å². The van der Waals surface area contributed by atoms with Crippen LogP contribution < -0.4 is 0 Å². The number of hydrogen-bond acceptors (Lipinski definition) is 4. The van der Waals surface area contributed by atoms with E-state index in [0.29, 0.717) is 12.2 Å². The van der Waals surface area contributed by atoms with Gasteiger partial charge in [-0.15, -0.1) is 0 Å². The molecular weight excluding hydrogens is 264 g/mol. The summed E-state index contributed by atoms with van der Waals surface area (Å²) < 4.78 is 0. The molecule has 0 bridgehead atoms. The van der Waals surface area contributed by atoms with E-state index in [0.717, 1.165) is 16.5 Å². The standard InChI is InChI=1S/C16H14N4O/c1-20(16(21)15-10-17-6-7-18-15)11-12-8-13-4-2-3-5-14(13)19-9-12/h2-10H,11H2,1H3. The Morgan fingerprint density at radius 3 is 2.81 bits per heavy atom. The molecule has 0 aliphatic heterocycles. The molecule has 3 rings (SSSR count). The summed E-state index contributed by atoms with van der Waals surface area (Å²) in [5.74, 6) is -0.156. The van der Waals surface area contributed by atoms with Crippen LogP contribution in [0.2, 0.25) is 0 Å². The molecule has 104 valence electrons. The predicted octanol–water partition coefficient (Wildman–Crippen LogP) is 2.30. The molecule has 0 saturated heterocycles. The highest BCUT2D eigenvalue weighted by molar-refractivity contribution is 5.91. The van der Waals surface area contributed by atoms with Gasteiger partial charge < -0.3 is 4.90 Å². The van der Waals surface area contributed by atoms with E-state index in [-0.39, 0.29) is 5.91 Å². The molecule has 0 aliphatic rings. The van der Waals surface area contributed by atoms with Crippen molar-refractivity contribution in [3.05, 3.63) is 66.4 Å². The fourth-order valence-corrected chi connectivity index (χ4v) is 2.15. The number of benzene rings is 1. The van der Waals surface area contributed by atoms with Gasteiger partial charge in [-0.1, -0.05) is 18.2 Å². The minimum atomic E-state index is -0.156. The Morgan fingerprint density at radius 1 is 1.14 bits per heavy atom. The molecule has 0 spiro atoms. The van der Waals surface area contributed by atoms with Crippen LogP contribution in [0.15, 0.2) is 55.1 Å². The summed E-state index contributed by atoms with van der Waals surface area (Å²) in [5.41, 5.74) is 2.27. The fourth-order valence-electron chi connectivity index (χ4n) is 2.15. The highest BCUT2D eigenvalue weighted by Gasteiger charge is 2.13. The number of pyridine rings is 1. The summed E-state index contributed by atoms with van der Waals surface area (Å²) in [6, 6.07) is 9.95. The van der Waals surface area contributed by atoms with Crippen LogP contribution in [0.3, 0.4) is 0 Å². The number of para-hydroxylation sites is 1. The van der Waals surface area contributed by atoms with Crippen molar-refractivity contribution in [3.63, 3.8) is 0 Å². The Kier molecular flexibility index (Phi) is 3.55. The molecule has 1 amide bonds. The number of carbonyl (C=O) groups excluding carboxylic acids is 1. The fraction of sp³-hybridized carbons (Fsp3) is 0.125. The van der Waals surface area contributed by atoms with Gasteiger partial charge in [-0.2, -0.15) is 0 Å². The Balaban J connectivity index is 1.80. The quantitative estimate of drug-likeness (QED) is 0.737. The van der Waals surface area contributed by atoms with Gasteiger partial charge in [0.25, 0.3) is 5.91 Å². The van der Waals surface area contributed by atoms with E-state index in [9.17, 15) is 4.79 Å². The van der Waals surface area contributed by atoms with Crippen LogP contribution >= 0.6 is 0 Å². The minimum Gasteiger partial charge on any atom is -0.336 e. The van der Waals surface area contributed by atoms with Gasteiger partial charge in [0, 0.05) is 37.6 Å². The van der Waals surface area contributed by atoms with Crippen molar-refractivity contribution in [2.24, 2.45) is 0 Å². The molecule has 0 radical (unpaired) electrons. The van der Waals surface area contributed by atoms with Gasteiger partial charge in [0.2, 0.25) is 0 Å². The maximum atomic E-state index is 12.2. The number of carbonyl (C=O) groups is 1. The first-order valence-corrected chi connectivity index (χ1v) is 6.59. The van der Waals surface area contributed by atoms with Crippen LogP contribution in [-0.4, -0.2) is 32.8 Å². The molecule has 0 unspecified atom stereocenters. The third-order valence-electron chi connectivity index (χ3n) is 3.20. The van der Waals surface area contributed by atoms with Crippen molar-refractivity contribution >= 4 is 16.8 Å².